The number of aliphatic hydroxyl groups excluding tert-OH is 9. The molecule has 0 radical (unpaired) electrons. The van der Waals surface area contributed by atoms with Crippen molar-refractivity contribution in [2.75, 3.05) is 63.0 Å². The van der Waals surface area contributed by atoms with E-state index < -0.39 is 182 Å². The SMILES string of the molecule is CO[C@H]1C[C@H](CC[C@H](C)[C@H](O)[C@H](C)[C@@H]2C[C@H](O)C[C@H](O)[C@H](C)[C@@H](OC)C[C@@H]3CC=C[C@@H](C[C@@H](O[C@H]4OC[C@H](OC)[C@@H](OC)[C@@H]4O)C/C=C(C)\C=C/C(=O)O[C@H]([C@@H](C)[C@@H](O)[C@@H](C)CC[C@H]4C[C@H](OC)C[C@H](C)O4)C[C@H](O)C[C@H](O)[C@H](C)[C@@H](OC)C[C@@H]4CC=C[C@@H](C[C@@H](O[C@H]5OC[C@H](O)[C@@H](OC)[C@@H]5O)C/C=C(C)\C=C/C(=O)O2)O4)O3)O[C@@H](C)C1. The highest BCUT2D eigenvalue weighted by Gasteiger charge is 2.45. The molecule has 0 amide bonds. The number of rotatable bonds is 23. The van der Waals surface area contributed by atoms with Gasteiger partial charge in [0.1, 0.15) is 48.8 Å². The Labute approximate surface area is 696 Å². The van der Waals surface area contributed by atoms with Crippen molar-refractivity contribution in [1.82, 2.24) is 0 Å². The van der Waals surface area contributed by atoms with Crippen LogP contribution >= 0.6 is 0 Å². The van der Waals surface area contributed by atoms with Gasteiger partial charge in [-0.15, -0.1) is 0 Å². The average Bonchev–Trinajstić information content (AvgIpc) is 0.839. The molecule has 0 aromatic heterocycles. The molecule has 0 aromatic rings. The van der Waals surface area contributed by atoms with Crippen molar-refractivity contribution in [3.8, 4) is 0 Å². The Kier molecular flexibility index (Phi) is 43.8. The Balaban J connectivity index is 1.17. The average molecular weight is 1670 g/mol. The lowest BCUT2D eigenvalue weighted by molar-refractivity contribution is -0.290. The van der Waals surface area contributed by atoms with Gasteiger partial charge in [0.25, 0.3) is 0 Å². The van der Waals surface area contributed by atoms with E-state index in [1.165, 1.54) is 33.5 Å². The molecule has 7 aliphatic heterocycles. The monoisotopic (exact) mass is 1670 g/mol. The molecule has 4 fully saturated rings. The van der Waals surface area contributed by atoms with Gasteiger partial charge >= 0.3 is 11.9 Å². The second-order valence-corrected chi connectivity index (χ2v) is 34.7. The first-order chi connectivity index (χ1) is 55.8. The van der Waals surface area contributed by atoms with Gasteiger partial charge in [0.2, 0.25) is 0 Å². The molecular weight excluding hydrogens is 1520 g/mol. The highest BCUT2D eigenvalue weighted by molar-refractivity contribution is 5.83. The van der Waals surface area contributed by atoms with Crippen LogP contribution in [-0.2, 0) is 90.1 Å². The molecule has 7 heterocycles. The summed E-state index contributed by atoms with van der Waals surface area (Å²) in [5.74, 6) is -4.46. The minimum absolute atomic E-state index is 0.0170. The van der Waals surface area contributed by atoms with Gasteiger partial charge in [-0.05, 0) is 129 Å². The molecule has 7 aliphatic rings. The number of methoxy groups -OCH3 is 7. The number of carbonyl (C=O) groups is 2. The van der Waals surface area contributed by atoms with Gasteiger partial charge in [-0.3, -0.25) is 0 Å². The first-order valence-corrected chi connectivity index (χ1v) is 43.2. The van der Waals surface area contributed by atoms with Crippen molar-refractivity contribution < 1.29 is 136 Å². The fraction of sp³-hybridized carbons (Fsp3) is 0.843. The summed E-state index contributed by atoms with van der Waals surface area (Å²) in [6.45, 7) is 18.8. The Morgan fingerprint density at radius 2 is 0.829 bits per heavy atom. The molecule has 28 heteroatoms. The number of hydrogen-bond donors (Lipinski definition) is 9. The van der Waals surface area contributed by atoms with E-state index in [4.69, 9.17) is 80.5 Å². The molecule has 0 aromatic carbocycles. The van der Waals surface area contributed by atoms with E-state index in [0.717, 1.165) is 25.7 Å². The third-order valence-corrected chi connectivity index (χ3v) is 25.5. The summed E-state index contributed by atoms with van der Waals surface area (Å²) in [5, 5.41) is 106. The summed E-state index contributed by atoms with van der Waals surface area (Å²) in [7, 11) is 10.9. The molecule has 36 atom stereocenters. The van der Waals surface area contributed by atoms with Gasteiger partial charge < -0.3 is 126 Å². The van der Waals surface area contributed by atoms with Crippen molar-refractivity contribution in [3.63, 3.8) is 0 Å². The number of cyclic esters (lactones) is 2. The lowest BCUT2D eigenvalue weighted by atomic mass is 9.83. The lowest BCUT2D eigenvalue weighted by Gasteiger charge is -2.40. The molecule has 117 heavy (non-hydrogen) atoms. The Hall–Kier alpha value is -3.58. The quantitative estimate of drug-likeness (QED) is 0.0342. The molecule has 674 valence electrons. The van der Waals surface area contributed by atoms with Crippen molar-refractivity contribution >= 4 is 11.9 Å². The number of aliphatic hydroxyl groups is 9. The maximum atomic E-state index is 14.2. The zero-order valence-corrected chi connectivity index (χ0v) is 72.9. The summed E-state index contributed by atoms with van der Waals surface area (Å²) in [6, 6.07) is 0. The van der Waals surface area contributed by atoms with Gasteiger partial charge in [0.15, 0.2) is 12.6 Å². The molecule has 28 nitrogen and oxygen atoms in total. The first kappa shape index (κ1) is 101. The van der Waals surface area contributed by atoms with Gasteiger partial charge in [-0.25, -0.2) is 9.59 Å². The second-order valence-electron chi connectivity index (χ2n) is 34.7. The van der Waals surface area contributed by atoms with Crippen LogP contribution in [0, 0.1) is 35.5 Å². The van der Waals surface area contributed by atoms with E-state index in [1.54, 1.807) is 61.4 Å². The van der Waals surface area contributed by atoms with Crippen LogP contribution in [0.25, 0.3) is 0 Å². The van der Waals surface area contributed by atoms with Crippen LogP contribution in [0.15, 0.2) is 71.9 Å². The van der Waals surface area contributed by atoms with Crippen LogP contribution in [-0.4, -0.2) is 304 Å². The van der Waals surface area contributed by atoms with Gasteiger partial charge in [-0.2, -0.15) is 0 Å². The van der Waals surface area contributed by atoms with Crippen molar-refractivity contribution in [1.29, 1.82) is 0 Å². The predicted octanol–water partition coefficient (Wildman–Crippen LogP) is 8.51. The van der Waals surface area contributed by atoms with Gasteiger partial charge in [0, 0.05) is 124 Å². The van der Waals surface area contributed by atoms with Crippen molar-refractivity contribution in [3.05, 3.63) is 71.9 Å². The summed E-state index contributed by atoms with van der Waals surface area (Å²) >= 11 is 0. The summed E-state index contributed by atoms with van der Waals surface area (Å²) < 4.78 is 104. The third-order valence-electron chi connectivity index (χ3n) is 25.5. The second kappa shape index (κ2) is 51.0. The fourth-order valence-electron chi connectivity index (χ4n) is 17.8. The Morgan fingerprint density at radius 3 is 1.22 bits per heavy atom. The lowest BCUT2D eigenvalue weighted by Crippen LogP contribution is -2.56. The largest absolute Gasteiger partial charge is 0.459 e. The van der Waals surface area contributed by atoms with E-state index in [9.17, 15) is 55.5 Å². The van der Waals surface area contributed by atoms with E-state index in [1.807, 2.05) is 84.9 Å². The maximum absolute atomic E-state index is 14.2. The van der Waals surface area contributed by atoms with E-state index in [-0.39, 0.29) is 113 Å². The van der Waals surface area contributed by atoms with Crippen LogP contribution in [0.2, 0.25) is 0 Å². The van der Waals surface area contributed by atoms with Gasteiger partial charge in [-0.1, -0.05) is 101 Å². The minimum atomic E-state index is -1.36. The number of esters is 2. The zero-order valence-electron chi connectivity index (χ0n) is 72.9. The molecule has 4 saturated heterocycles. The van der Waals surface area contributed by atoms with Gasteiger partial charge in [0.05, 0.1) is 135 Å². The normalized spacial score (nSPS) is 41.7. The first-order valence-electron chi connectivity index (χ1n) is 43.2. The number of hydrogen-bond acceptors (Lipinski definition) is 28. The number of carbonyl (C=O) groups excluding carboxylic acids is 2. The Bertz CT molecular complexity index is 3020. The summed E-state index contributed by atoms with van der Waals surface area (Å²) in [5.41, 5.74) is 1.29. The highest BCUT2D eigenvalue weighted by atomic mass is 16.7. The van der Waals surface area contributed by atoms with Crippen molar-refractivity contribution in [2.24, 2.45) is 35.5 Å². The fourth-order valence-corrected chi connectivity index (χ4v) is 17.8. The molecule has 9 N–H and O–H groups in total. The van der Waals surface area contributed by atoms with Crippen LogP contribution in [0.4, 0.5) is 0 Å². The number of ether oxygens (including phenoxy) is 17. The highest BCUT2D eigenvalue weighted by Crippen LogP contribution is 2.37. The minimum Gasteiger partial charge on any atom is -0.459 e. The van der Waals surface area contributed by atoms with E-state index >= 15 is 0 Å². The maximum Gasteiger partial charge on any atom is 0.331 e. The smallest absolute Gasteiger partial charge is 0.331 e. The molecular formula is C89H150O28. The van der Waals surface area contributed by atoms with Crippen molar-refractivity contribution in [2.45, 2.75) is 381 Å². The predicted molar refractivity (Wildman–Crippen MR) is 436 cm³/mol. The molecule has 0 spiro atoms. The van der Waals surface area contributed by atoms with E-state index in [2.05, 4.69) is 0 Å². The molecule has 4 bridgehead atoms. The van der Waals surface area contributed by atoms with Crippen LogP contribution in [0.1, 0.15) is 198 Å². The standard InChI is InChI=1S/C89H150O28/c1-50-24-30-68(114-88-84(99)86(106-16)74(94)48-108-88)42-62-20-18-22-64(112-62)46-75(103-13)56(7)72(92)38-60(90)41-78(59(10)83(98)53(4)29-33-67-45-71(102-12)37-55(6)111-67)117-81(96)35-27-51(2)25-31-69(115-89-85(100)87(107-17)79(105-15)49-109-89)43-63-21-19-23-65(113-63)47-76(104-14)57(8)73(93)39-61(91)40-77(116-80(95)34-26-50)58(9)82(97)52(3)28-32-66-44-70(101-11)36-54(5)110-66/h18-21,24-27,34-35,52-79,82-94,97-100H,22-23,28-33,36-49H2,1-17H3/b34-26-,35-27-,50-24-,51-25-/t52-,53-,54-,55-,56-,57-,58+,59+,60+,61+,62-,63-,64-,65-,66-,67-,68-,69-,70+,71+,72-,73-,74-,75-,76-,77-,78-,79-,82-,83-,84-,85-,86+,87+,88+,89+/m0/s1. The van der Waals surface area contributed by atoms with E-state index in [0.29, 0.717) is 62.5 Å². The van der Waals surface area contributed by atoms with Crippen LogP contribution in [0.3, 0.4) is 0 Å². The number of fused-ring (bicyclic) bond motifs is 4. The topological polar surface area (TPSA) is 373 Å². The molecule has 7 rings (SSSR count). The van der Waals surface area contributed by atoms with Crippen LogP contribution < -0.4 is 0 Å². The zero-order chi connectivity index (χ0) is 85.7. The molecule has 0 unspecified atom stereocenters. The van der Waals surface area contributed by atoms with Crippen LogP contribution in [0.5, 0.6) is 0 Å². The molecule has 0 aliphatic carbocycles. The molecule has 0 saturated carbocycles. The Morgan fingerprint density at radius 1 is 0.427 bits per heavy atom. The summed E-state index contributed by atoms with van der Waals surface area (Å²) in [4.78, 5) is 28.4. The summed E-state index contributed by atoms with van der Waals surface area (Å²) in [6.07, 6.45) is 4.02. The number of allylic oxidation sites excluding steroid dienone is 4. The third kappa shape index (κ3) is 32.2.